The molecule has 1 aromatic heterocycles. The molecule has 2 aromatic rings. The van der Waals surface area contributed by atoms with E-state index in [-0.39, 0.29) is 22.6 Å². The Morgan fingerprint density at radius 3 is 2.59 bits per heavy atom. The summed E-state index contributed by atoms with van der Waals surface area (Å²) in [6.07, 6.45) is 6.84. The molecule has 0 atom stereocenters. The van der Waals surface area contributed by atoms with Crippen LogP contribution in [-0.2, 0) is 0 Å². The van der Waals surface area contributed by atoms with Gasteiger partial charge >= 0.3 is 0 Å². The number of aliphatic hydroxyl groups excluding tert-OH is 1. The summed E-state index contributed by atoms with van der Waals surface area (Å²) in [5.74, 6) is -0.686. The van der Waals surface area contributed by atoms with Crippen LogP contribution in [0.4, 0.5) is 10.2 Å². The molecular formula is C21H22FN5O2. The van der Waals surface area contributed by atoms with Gasteiger partial charge in [0.1, 0.15) is 17.4 Å². The van der Waals surface area contributed by atoms with E-state index in [1.165, 1.54) is 36.6 Å². The van der Waals surface area contributed by atoms with E-state index in [9.17, 15) is 14.3 Å². The zero-order valence-electron chi connectivity index (χ0n) is 15.7. The van der Waals surface area contributed by atoms with E-state index < -0.39 is 17.3 Å². The maximum atomic E-state index is 14.2. The molecule has 7 nitrogen and oxygen atoms in total. The summed E-state index contributed by atoms with van der Waals surface area (Å²) in [6, 6.07) is 7.09. The first-order valence-corrected chi connectivity index (χ1v) is 9.05. The summed E-state index contributed by atoms with van der Waals surface area (Å²) in [7, 11) is 0. The Hall–Kier alpha value is -3.68. The second-order valence-electron chi connectivity index (χ2n) is 6.84. The van der Waals surface area contributed by atoms with Gasteiger partial charge in [-0.3, -0.25) is 4.79 Å². The smallest absolute Gasteiger partial charge is 0.248 e. The molecule has 1 aliphatic rings. The third-order valence-electron chi connectivity index (χ3n) is 5.02. The molecule has 8 heteroatoms. The van der Waals surface area contributed by atoms with Gasteiger partial charge in [0.05, 0.1) is 11.2 Å². The van der Waals surface area contributed by atoms with E-state index in [0.717, 1.165) is 19.3 Å². The molecule has 0 bridgehead atoms. The van der Waals surface area contributed by atoms with Gasteiger partial charge in [-0.15, -0.1) is 10.2 Å². The minimum atomic E-state index is -0.653. The van der Waals surface area contributed by atoms with E-state index in [2.05, 4.69) is 22.1 Å². The summed E-state index contributed by atoms with van der Waals surface area (Å²) in [4.78, 5) is 11.3. The number of nitrogens with two attached hydrogens (primary N) is 2. The highest BCUT2D eigenvalue weighted by Gasteiger charge is 2.41. The molecule has 1 aliphatic carbocycles. The summed E-state index contributed by atoms with van der Waals surface area (Å²) < 4.78 is 14.2. The number of primary amides is 1. The van der Waals surface area contributed by atoms with Crippen molar-refractivity contribution in [3.8, 4) is 11.3 Å². The molecule has 29 heavy (non-hydrogen) atoms. The topological polar surface area (TPSA) is 127 Å². The maximum Gasteiger partial charge on any atom is 0.248 e. The summed E-state index contributed by atoms with van der Waals surface area (Å²) in [5.41, 5.74) is 11.2. The van der Waals surface area contributed by atoms with Crippen LogP contribution in [0.15, 0.2) is 66.6 Å². The number of halogens is 1. The van der Waals surface area contributed by atoms with Crippen LogP contribution in [0.1, 0.15) is 29.6 Å². The third kappa shape index (κ3) is 4.11. The second-order valence-corrected chi connectivity index (χ2v) is 6.84. The Balaban J connectivity index is 1.83. The van der Waals surface area contributed by atoms with Gasteiger partial charge in [0.15, 0.2) is 0 Å². The number of carbonyl (C=O) groups is 1. The second kappa shape index (κ2) is 8.14. The number of carbonyl (C=O) groups excluding carboxylic acids is 1. The Morgan fingerprint density at radius 1 is 1.28 bits per heavy atom. The molecule has 0 radical (unpaired) electrons. The van der Waals surface area contributed by atoms with Crippen LogP contribution < -0.4 is 16.8 Å². The standard InChI is InChI=1S/C21H22FN5O2/c1-13(18(28)4-2-11-23)21(9-3-10-21)25-19-8-7-17(26-27-19)15-12-14(20(24)29)5-6-16(15)22/h2,4-8,11-12,28H,1,3,9-10,23H2,(H2,24,29)(H,25,27)/b11-2-,18-4+. The van der Waals surface area contributed by atoms with Gasteiger partial charge in [0, 0.05) is 16.7 Å². The molecule has 1 aromatic carbocycles. The van der Waals surface area contributed by atoms with Gasteiger partial charge < -0.3 is 21.9 Å². The average molecular weight is 395 g/mol. The minimum absolute atomic E-state index is 0.0359. The van der Waals surface area contributed by atoms with Gasteiger partial charge in [0.25, 0.3) is 0 Å². The fraction of sp³-hybridized carbons (Fsp3) is 0.190. The Bertz CT molecular complexity index is 995. The van der Waals surface area contributed by atoms with E-state index in [1.54, 1.807) is 12.1 Å². The number of aromatic nitrogens is 2. The number of allylic oxidation sites excluding steroid dienone is 2. The van der Waals surface area contributed by atoms with Crippen molar-refractivity contribution in [1.82, 2.24) is 10.2 Å². The molecule has 0 aliphatic heterocycles. The Morgan fingerprint density at radius 2 is 2.03 bits per heavy atom. The van der Waals surface area contributed by atoms with Gasteiger partial charge in [0.2, 0.25) is 5.91 Å². The van der Waals surface area contributed by atoms with Crippen LogP contribution in [0.2, 0.25) is 0 Å². The average Bonchev–Trinajstić information content (AvgIpc) is 2.69. The predicted octanol–water partition coefficient (Wildman–Crippen LogP) is 3.19. The zero-order valence-corrected chi connectivity index (χ0v) is 15.7. The van der Waals surface area contributed by atoms with Crippen molar-refractivity contribution in [2.75, 3.05) is 5.32 Å². The van der Waals surface area contributed by atoms with E-state index >= 15 is 0 Å². The van der Waals surface area contributed by atoms with E-state index in [4.69, 9.17) is 11.5 Å². The molecule has 1 saturated carbocycles. The molecule has 6 N–H and O–H groups in total. The molecule has 1 heterocycles. The number of nitrogens with one attached hydrogen (secondary N) is 1. The lowest BCUT2D eigenvalue weighted by atomic mass is 9.71. The number of rotatable bonds is 7. The fourth-order valence-electron chi connectivity index (χ4n) is 3.19. The minimum Gasteiger partial charge on any atom is -0.508 e. The van der Waals surface area contributed by atoms with Crippen molar-refractivity contribution in [1.29, 1.82) is 0 Å². The number of benzene rings is 1. The van der Waals surface area contributed by atoms with Crippen LogP contribution in [-0.4, -0.2) is 26.7 Å². The summed E-state index contributed by atoms with van der Waals surface area (Å²) in [5, 5.41) is 21.7. The monoisotopic (exact) mass is 395 g/mol. The van der Waals surface area contributed by atoms with Crippen molar-refractivity contribution in [2.45, 2.75) is 24.8 Å². The lowest BCUT2D eigenvalue weighted by Gasteiger charge is -2.44. The van der Waals surface area contributed by atoms with Crippen LogP contribution in [0.25, 0.3) is 11.3 Å². The lowest BCUT2D eigenvalue weighted by Crippen LogP contribution is -2.47. The first-order chi connectivity index (χ1) is 13.9. The predicted molar refractivity (Wildman–Crippen MR) is 109 cm³/mol. The largest absolute Gasteiger partial charge is 0.508 e. The molecule has 1 fully saturated rings. The van der Waals surface area contributed by atoms with Crippen molar-refractivity contribution < 1.29 is 14.3 Å². The molecule has 150 valence electrons. The third-order valence-corrected chi connectivity index (χ3v) is 5.02. The number of nitrogens with zero attached hydrogens (tertiary/aromatic N) is 2. The number of aliphatic hydroxyl groups is 1. The van der Waals surface area contributed by atoms with Crippen molar-refractivity contribution in [2.24, 2.45) is 11.5 Å². The Labute approximate surface area is 167 Å². The summed E-state index contributed by atoms with van der Waals surface area (Å²) >= 11 is 0. The number of hydrogen-bond donors (Lipinski definition) is 4. The Kier molecular flexibility index (Phi) is 5.63. The normalized spacial score (nSPS) is 15.7. The number of amides is 1. The fourth-order valence-corrected chi connectivity index (χ4v) is 3.19. The van der Waals surface area contributed by atoms with E-state index in [1.807, 2.05) is 0 Å². The number of hydrogen-bond acceptors (Lipinski definition) is 6. The zero-order chi connectivity index (χ0) is 21.0. The lowest BCUT2D eigenvalue weighted by molar-refractivity contribution is 0.100. The first kappa shape index (κ1) is 20.1. The van der Waals surface area contributed by atoms with Gasteiger partial charge in [-0.05, 0) is 67.9 Å². The van der Waals surface area contributed by atoms with Gasteiger partial charge in [-0.2, -0.15) is 0 Å². The molecule has 0 spiro atoms. The summed E-state index contributed by atoms with van der Waals surface area (Å²) in [6.45, 7) is 4.00. The highest BCUT2D eigenvalue weighted by Crippen LogP contribution is 2.42. The SMILES string of the molecule is C=C(/C(O)=C\C=C/N)C1(Nc2ccc(-c3cc(C(N)=O)ccc3F)nn2)CCC1. The van der Waals surface area contributed by atoms with E-state index in [0.29, 0.717) is 11.4 Å². The maximum absolute atomic E-state index is 14.2. The van der Waals surface area contributed by atoms with Crippen LogP contribution in [0.3, 0.4) is 0 Å². The van der Waals surface area contributed by atoms with Crippen molar-refractivity contribution in [3.63, 3.8) is 0 Å². The molecule has 1 amide bonds. The highest BCUT2D eigenvalue weighted by molar-refractivity contribution is 5.94. The first-order valence-electron chi connectivity index (χ1n) is 9.05. The molecular weight excluding hydrogens is 373 g/mol. The highest BCUT2D eigenvalue weighted by atomic mass is 19.1. The van der Waals surface area contributed by atoms with Crippen LogP contribution in [0.5, 0.6) is 0 Å². The van der Waals surface area contributed by atoms with Crippen molar-refractivity contribution in [3.05, 3.63) is 78.0 Å². The molecule has 0 saturated heterocycles. The molecule has 3 rings (SSSR count). The van der Waals surface area contributed by atoms with Gasteiger partial charge in [-0.1, -0.05) is 6.58 Å². The van der Waals surface area contributed by atoms with Gasteiger partial charge in [-0.25, -0.2) is 4.39 Å². The van der Waals surface area contributed by atoms with Crippen LogP contribution >= 0.6 is 0 Å². The van der Waals surface area contributed by atoms with Crippen molar-refractivity contribution >= 4 is 11.7 Å². The quantitative estimate of drug-likeness (QED) is 0.421. The molecule has 0 unspecified atom stereocenters. The van der Waals surface area contributed by atoms with Crippen LogP contribution in [0, 0.1) is 5.82 Å². The number of anilines is 1.